The van der Waals surface area contributed by atoms with E-state index in [-0.39, 0.29) is 22.4 Å². The lowest BCUT2D eigenvalue weighted by Gasteiger charge is -2.14. The lowest BCUT2D eigenvalue weighted by atomic mass is 9.92. The first-order valence-electron chi connectivity index (χ1n) is 24.9. The molecule has 0 aliphatic carbocycles. The van der Waals surface area contributed by atoms with Crippen molar-refractivity contribution in [2.75, 3.05) is 0 Å². The molecule has 13 aromatic rings. The minimum absolute atomic E-state index is 0.0130. The highest BCUT2D eigenvalue weighted by Gasteiger charge is 2.20. The van der Waals surface area contributed by atoms with E-state index in [1.54, 1.807) is 6.07 Å². The number of para-hydroxylation sites is 1. The van der Waals surface area contributed by atoms with Crippen LogP contribution in [0.25, 0.3) is 133 Å². The Balaban J connectivity index is 1.10. The lowest BCUT2D eigenvalue weighted by Crippen LogP contribution is -2.01. The van der Waals surface area contributed by atoms with E-state index in [1.807, 2.05) is 97.1 Å². The van der Waals surface area contributed by atoms with Crippen molar-refractivity contribution in [3.05, 3.63) is 224 Å². The molecule has 2 aromatic heterocycles. The van der Waals surface area contributed by atoms with Crippen LogP contribution in [0.15, 0.2) is 229 Å². The van der Waals surface area contributed by atoms with E-state index >= 15 is 0 Å². The van der Waals surface area contributed by atoms with E-state index in [4.69, 9.17) is 26.2 Å². The first-order chi connectivity index (χ1) is 35.1. The zero-order valence-corrected chi connectivity index (χ0v) is 34.6. The number of furan rings is 1. The summed E-state index contributed by atoms with van der Waals surface area (Å²) in [6, 6.07) is 57.7. The van der Waals surface area contributed by atoms with Crippen molar-refractivity contribution in [2.45, 2.75) is 0 Å². The standard InChI is InChI=1S/C61H37N3O/c1-2-12-38(13-3-1)42-27-28-44-33-45(30-29-43(44)32-42)47-34-48(52-20-10-16-39-14-4-6-17-50(39)52)36-49(35-47)60-62-59(46-31-26-41-25-24-40-15-5-7-18-51(40)55(41)37-46)63-61(64-60)54-21-11-23-57-58(54)53-19-8-9-22-56(53)65-57/h1-37H/i4D,6D,10D,14D,16D,17D,20D. The monoisotopic (exact) mass is 834 g/mol. The molecule has 4 nitrogen and oxygen atoms in total. The van der Waals surface area contributed by atoms with Gasteiger partial charge in [-0.05, 0) is 125 Å². The molecule has 0 bridgehead atoms. The quantitative estimate of drug-likeness (QED) is 0.157. The predicted octanol–water partition coefficient (Wildman–Crippen LogP) is 16.4. The minimum atomic E-state index is -0.516. The summed E-state index contributed by atoms with van der Waals surface area (Å²) in [5.41, 5.74) is 7.62. The van der Waals surface area contributed by atoms with Gasteiger partial charge in [0.25, 0.3) is 0 Å². The molecule has 0 atom stereocenters. The van der Waals surface area contributed by atoms with Gasteiger partial charge in [-0.25, -0.2) is 15.0 Å². The second-order valence-electron chi connectivity index (χ2n) is 16.2. The van der Waals surface area contributed by atoms with Crippen LogP contribution in [-0.2, 0) is 0 Å². The first-order valence-corrected chi connectivity index (χ1v) is 21.4. The fraction of sp³-hybridized carbons (Fsp3) is 0. The van der Waals surface area contributed by atoms with E-state index in [2.05, 4.69) is 78.9 Å². The van der Waals surface area contributed by atoms with Crippen LogP contribution in [0, 0.1) is 0 Å². The smallest absolute Gasteiger partial charge is 0.164 e. The number of benzene rings is 11. The fourth-order valence-electron chi connectivity index (χ4n) is 9.19. The van der Waals surface area contributed by atoms with E-state index in [9.17, 15) is 2.74 Å². The van der Waals surface area contributed by atoms with Gasteiger partial charge < -0.3 is 4.42 Å². The van der Waals surface area contributed by atoms with Crippen LogP contribution in [0.3, 0.4) is 0 Å². The Labute approximate surface area is 384 Å². The summed E-state index contributed by atoms with van der Waals surface area (Å²) in [5, 5.41) is 7.93. The highest BCUT2D eigenvalue weighted by molar-refractivity contribution is 6.12. The van der Waals surface area contributed by atoms with E-state index in [0.29, 0.717) is 39.7 Å². The topological polar surface area (TPSA) is 51.8 Å². The number of hydrogen-bond donors (Lipinski definition) is 0. The number of fused-ring (bicyclic) bond motifs is 8. The van der Waals surface area contributed by atoms with Crippen LogP contribution in [0.2, 0.25) is 0 Å². The predicted molar refractivity (Wildman–Crippen MR) is 270 cm³/mol. The SMILES string of the molecule is [2H]c1c([2H])c([2H])c2c(-c3cc(-c4ccc5cc(-c6ccccc6)ccc5c4)cc(-c4nc(-c5ccc6ccc7ccccc7c6c5)nc(-c5cccc6oc7ccccc7c56)n4)c3)c([2H])c([2H])c([2H])c2c1[2H]. The highest BCUT2D eigenvalue weighted by atomic mass is 16.3. The third-order valence-corrected chi connectivity index (χ3v) is 12.4. The van der Waals surface area contributed by atoms with Gasteiger partial charge in [-0.2, -0.15) is 0 Å². The molecule has 302 valence electrons. The summed E-state index contributed by atoms with van der Waals surface area (Å²) in [7, 11) is 0. The average Bonchev–Trinajstić information content (AvgIpc) is 3.82. The van der Waals surface area contributed by atoms with Crippen molar-refractivity contribution in [1.29, 1.82) is 0 Å². The van der Waals surface area contributed by atoms with E-state index in [0.717, 1.165) is 76.5 Å². The number of rotatable bonds is 6. The van der Waals surface area contributed by atoms with Crippen molar-refractivity contribution in [2.24, 2.45) is 0 Å². The van der Waals surface area contributed by atoms with Gasteiger partial charge in [0.15, 0.2) is 17.5 Å². The minimum Gasteiger partial charge on any atom is -0.456 e. The third-order valence-electron chi connectivity index (χ3n) is 12.4. The van der Waals surface area contributed by atoms with Crippen molar-refractivity contribution in [1.82, 2.24) is 15.0 Å². The number of aromatic nitrogens is 3. The molecule has 65 heavy (non-hydrogen) atoms. The van der Waals surface area contributed by atoms with Gasteiger partial charge in [0.2, 0.25) is 0 Å². The lowest BCUT2D eigenvalue weighted by molar-refractivity contribution is 0.669. The number of nitrogens with zero attached hydrogens (tertiary/aromatic N) is 3. The van der Waals surface area contributed by atoms with Gasteiger partial charge in [0.05, 0.1) is 9.60 Å². The highest BCUT2D eigenvalue weighted by Crippen LogP contribution is 2.40. The molecule has 0 aliphatic heterocycles. The molecule has 0 fully saturated rings. The van der Waals surface area contributed by atoms with Crippen LogP contribution in [-0.4, -0.2) is 15.0 Å². The molecule has 0 N–H and O–H groups in total. The summed E-state index contributed by atoms with van der Waals surface area (Å²) < 4.78 is 69.0. The summed E-state index contributed by atoms with van der Waals surface area (Å²) in [6.45, 7) is 0. The van der Waals surface area contributed by atoms with Crippen LogP contribution in [0.1, 0.15) is 9.60 Å². The van der Waals surface area contributed by atoms with Crippen molar-refractivity contribution in [3.63, 3.8) is 0 Å². The van der Waals surface area contributed by atoms with Crippen LogP contribution in [0.5, 0.6) is 0 Å². The molecule has 2 heterocycles. The summed E-state index contributed by atoms with van der Waals surface area (Å²) in [6.07, 6.45) is 0. The molecule has 0 saturated heterocycles. The molecule has 0 aliphatic rings. The Morgan fingerprint density at radius 2 is 0.923 bits per heavy atom. The Bertz CT molecular complexity index is 4430. The molecular formula is C61H37N3O. The van der Waals surface area contributed by atoms with Gasteiger partial charge in [-0.1, -0.05) is 176 Å². The first kappa shape index (κ1) is 30.3. The molecular weight excluding hydrogens is 791 g/mol. The van der Waals surface area contributed by atoms with Crippen LogP contribution >= 0.6 is 0 Å². The molecule has 4 heteroatoms. The molecule has 0 unspecified atom stereocenters. The Hall–Kier alpha value is -8.73. The summed E-state index contributed by atoms with van der Waals surface area (Å²) in [4.78, 5) is 15.8. The molecule has 0 spiro atoms. The van der Waals surface area contributed by atoms with Crippen molar-refractivity contribution >= 4 is 65.0 Å². The number of hydrogen-bond acceptors (Lipinski definition) is 4. The fourth-order valence-corrected chi connectivity index (χ4v) is 9.19. The molecule has 0 saturated carbocycles. The van der Waals surface area contributed by atoms with Gasteiger partial charge in [0, 0.05) is 27.5 Å². The maximum atomic E-state index is 9.43. The Kier molecular flexibility index (Phi) is 6.99. The molecule has 0 radical (unpaired) electrons. The maximum absolute atomic E-state index is 9.43. The molecule has 0 amide bonds. The Morgan fingerprint density at radius 1 is 0.308 bits per heavy atom. The molecule has 13 rings (SSSR count). The van der Waals surface area contributed by atoms with Gasteiger partial charge >= 0.3 is 0 Å². The van der Waals surface area contributed by atoms with Gasteiger partial charge in [0.1, 0.15) is 11.2 Å². The molecule has 11 aromatic carbocycles. The largest absolute Gasteiger partial charge is 0.456 e. The van der Waals surface area contributed by atoms with E-state index in [1.165, 1.54) is 0 Å². The Morgan fingerprint density at radius 3 is 1.78 bits per heavy atom. The zero-order chi connectivity index (χ0) is 48.9. The second kappa shape index (κ2) is 15.0. The third kappa shape index (κ3) is 6.42. The van der Waals surface area contributed by atoms with Crippen molar-refractivity contribution < 1.29 is 14.0 Å². The maximum Gasteiger partial charge on any atom is 0.164 e. The van der Waals surface area contributed by atoms with Crippen LogP contribution in [0.4, 0.5) is 0 Å². The average molecular weight is 835 g/mol. The van der Waals surface area contributed by atoms with E-state index < -0.39 is 36.3 Å². The second-order valence-corrected chi connectivity index (χ2v) is 16.2. The summed E-state index contributed by atoms with van der Waals surface area (Å²) >= 11 is 0. The normalized spacial score (nSPS) is 13.2. The summed E-state index contributed by atoms with van der Waals surface area (Å²) in [5.74, 6) is 1.11. The van der Waals surface area contributed by atoms with Crippen molar-refractivity contribution in [3.8, 4) is 67.5 Å². The zero-order valence-electron chi connectivity index (χ0n) is 41.6. The van der Waals surface area contributed by atoms with Gasteiger partial charge in [-0.3, -0.25) is 0 Å². The van der Waals surface area contributed by atoms with Gasteiger partial charge in [-0.15, -0.1) is 0 Å². The van der Waals surface area contributed by atoms with Crippen LogP contribution < -0.4 is 0 Å².